The predicted molar refractivity (Wildman–Crippen MR) is 48.2 cm³/mol. The van der Waals surface area contributed by atoms with Crippen LogP contribution in [0.4, 0.5) is 0 Å². The molecule has 1 saturated carbocycles. The Kier molecular flexibility index (Phi) is 1.59. The average molecular weight is 150 g/mol. The van der Waals surface area contributed by atoms with Gasteiger partial charge in [-0.3, -0.25) is 0 Å². The predicted octanol–water partition coefficient (Wildman–Crippen LogP) is 3.10. The molecule has 11 heavy (non-hydrogen) atoms. The van der Waals surface area contributed by atoms with Gasteiger partial charge in [-0.1, -0.05) is 32.9 Å². The highest BCUT2D eigenvalue weighted by molar-refractivity contribution is 5.14. The molecule has 2 aliphatic rings. The Hall–Kier alpha value is -0.260. The molecule has 0 amide bonds. The first kappa shape index (κ1) is 7.39. The van der Waals surface area contributed by atoms with E-state index in [0.717, 1.165) is 29.6 Å². The highest BCUT2D eigenvalue weighted by atomic mass is 14.4. The molecule has 0 aromatic carbocycles. The quantitative estimate of drug-likeness (QED) is 0.465. The van der Waals surface area contributed by atoms with Crippen LogP contribution in [0.2, 0.25) is 0 Å². The lowest BCUT2D eigenvalue weighted by Crippen LogP contribution is -2.39. The van der Waals surface area contributed by atoms with Gasteiger partial charge in [0.05, 0.1) is 0 Å². The van der Waals surface area contributed by atoms with Crippen molar-refractivity contribution in [2.45, 2.75) is 27.2 Å². The van der Waals surface area contributed by atoms with Crippen LogP contribution in [-0.2, 0) is 0 Å². The summed E-state index contributed by atoms with van der Waals surface area (Å²) in [5.74, 6) is 4.67. The Balaban J connectivity index is 2.14. The Morgan fingerprint density at radius 3 is 2.09 bits per heavy atom. The molecule has 0 aromatic heterocycles. The van der Waals surface area contributed by atoms with Crippen molar-refractivity contribution in [2.24, 2.45) is 29.6 Å². The SMILES string of the molecule is CC1CC(C)C2C=CC2C1C. The summed E-state index contributed by atoms with van der Waals surface area (Å²) in [6.07, 6.45) is 6.27. The number of rotatable bonds is 0. The van der Waals surface area contributed by atoms with Gasteiger partial charge in [0, 0.05) is 0 Å². The fourth-order valence-electron chi connectivity index (χ4n) is 2.80. The maximum absolute atomic E-state index is 2.42. The first-order chi connectivity index (χ1) is 5.20. The second-order valence-electron chi connectivity index (χ2n) is 4.59. The van der Waals surface area contributed by atoms with E-state index in [-0.39, 0.29) is 0 Å². The molecule has 0 spiro atoms. The molecule has 0 heteroatoms. The molecular formula is C11H18. The molecule has 1 fully saturated rings. The van der Waals surface area contributed by atoms with Gasteiger partial charge in [0.25, 0.3) is 0 Å². The molecule has 0 radical (unpaired) electrons. The van der Waals surface area contributed by atoms with Gasteiger partial charge in [-0.15, -0.1) is 0 Å². The van der Waals surface area contributed by atoms with Crippen molar-refractivity contribution in [3.05, 3.63) is 12.2 Å². The molecule has 2 rings (SSSR count). The molecule has 0 aromatic rings. The van der Waals surface area contributed by atoms with Crippen molar-refractivity contribution in [1.29, 1.82) is 0 Å². The first-order valence-electron chi connectivity index (χ1n) is 4.88. The molecule has 5 atom stereocenters. The topological polar surface area (TPSA) is 0 Å². The standard InChI is InChI=1S/C11H18/c1-7-6-8(2)10-4-5-11(10)9(7)3/h4-5,7-11H,6H2,1-3H3. The van der Waals surface area contributed by atoms with Crippen molar-refractivity contribution in [2.75, 3.05) is 0 Å². The van der Waals surface area contributed by atoms with Gasteiger partial charge < -0.3 is 0 Å². The third-order valence-corrected chi connectivity index (χ3v) is 3.91. The molecular weight excluding hydrogens is 132 g/mol. The van der Waals surface area contributed by atoms with E-state index in [1.165, 1.54) is 6.42 Å². The van der Waals surface area contributed by atoms with Gasteiger partial charge in [0.1, 0.15) is 0 Å². The third-order valence-electron chi connectivity index (χ3n) is 3.91. The summed E-state index contributed by atoms with van der Waals surface area (Å²) in [6.45, 7) is 7.23. The van der Waals surface area contributed by atoms with Crippen molar-refractivity contribution < 1.29 is 0 Å². The van der Waals surface area contributed by atoms with Crippen LogP contribution < -0.4 is 0 Å². The van der Waals surface area contributed by atoms with E-state index in [0.29, 0.717) is 0 Å². The van der Waals surface area contributed by atoms with E-state index in [2.05, 4.69) is 32.9 Å². The van der Waals surface area contributed by atoms with Gasteiger partial charge >= 0.3 is 0 Å². The Bertz CT molecular complexity index is 180. The fraction of sp³-hybridized carbons (Fsp3) is 0.818. The van der Waals surface area contributed by atoms with Crippen LogP contribution in [0.25, 0.3) is 0 Å². The highest BCUT2D eigenvalue weighted by Crippen LogP contribution is 2.47. The first-order valence-corrected chi connectivity index (χ1v) is 4.88. The van der Waals surface area contributed by atoms with Crippen LogP contribution in [0.3, 0.4) is 0 Å². The minimum absolute atomic E-state index is 0.925. The van der Waals surface area contributed by atoms with Gasteiger partial charge in [0.2, 0.25) is 0 Å². The second-order valence-corrected chi connectivity index (χ2v) is 4.59. The molecule has 0 heterocycles. The normalized spacial score (nSPS) is 55.0. The Morgan fingerprint density at radius 1 is 0.909 bits per heavy atom. The minimum atomic E-state index is 0.925. The van der Waals surface area contributed by atoms with Crippen LogP contribution in [0.5, 0.6) is 0 Å². The summed E-state index contributed by atoms with van der Waals surface area (Å²) in [4.78, 5) is 0. The summed E-state index contributed by atoms with van der Waals surface area (Å²) < 4.78 is 0. The van der Waals surface area contributed by atoms with Crippen LogP contribution in [-0.4, -0.2) is 0 Å². The van der Waals surface area contributed by atoms with E-state index < -0.39 is 0 Å². The lowest BCUT2D eigenvalue weighted by molar-refractivity contribution is 0.101. The number of allylic oxidation sites excluding steroid dienone is 2. The fourth-order valence-corrected chi connectivity index (χ4v) is 2.80. The van der Waals surface area contributed by atoms with Crippen LogP contribution in [0, 0.1) is 29.6 Å². The van der Waals surface area contributed by atoms with Gasteiger partial charge in [-0.25, -0.2) is 0 Å². The van der Waals surface area contributed by atoms with Crippen LogP contribution in [0.15, 0.2) is 12.2 Å². The molecule has 0 N–H and O–H groups in total. The van der Waals surface area contributed by atoms with Crippen molar-refractivity contribution in [1.82, 2.24) is 0 Å². The van der Waals surface area contributed by atoms with Crippen LogP contribution in [0.1, 0.15) is 27.2 Å². The lowest BCUT2D eigenvalue weighted by Gasteiger charge is -2.46. The maximum atomic E-state index is 2.42. The Morgan fingerprint density at radius 2 is 1.55 bits per heavy atom. The van der Waals surface area contributed by atoms with Crippen molar-refractivity contribution >= 4 is 0 Å². The summed E-state index contributed by atoms with van der Waals surface area (Å²) in [7, 11) is 0. The number of fused-ring (bicyclic) bond motifs is 1. The third kappa shape index (κ3) is 0.953. The maximum Gasteiger partial charge on any atom is -0.0140 e. The van der Waals surface area contributed by atoms with E-state index in [1.807, 2.05) is 0 Å². The smallest absolute Gasteiger partial charge is 0.0140 e. The molecule has 2 aliphatic carbocycles. The monoisotopic (exact) mass is 150 g/mol. The molecule has 0 aliphatic heterocycles. The molecule has 0 bridgehead atoms. The number of hydrogen-bond acceptors (Lipinski definition) is 0. The second kappa shape index (κ2) is 2.36. The summed E-state index contributed by atoms with van der Waals surface area (Å²) >= 11 is 0. The summed E-state index contributed by atoms with van der Waals surface area (Å²) in [5.41, 5.74) is 0. The van der Waals surface area contributed by atoms with Gasteiger partial charge in [0.15, 0.2) is 0 Å². The van der Waals surface area contributed by atoms with E-state index in [1.54, 1.807) is 0 Å². The van der Waals surface area contributed by atoms with E-state index in [9.17, 15) is 0 Å². The molecule has 0 saturated heterocycles. The Labute approximate surface area is 69.7 Å². The average Bonchev–Trinajstić information content (AvgIpc) is 1.81. The van der Waals surface area contributed by atoms with Gasteiger partial charge in [-0.2, -0.15) is 0 Å². The molecule has 62 valence electrons. The summed E-state index contributed by atoms with van der Waals surface area (Å²) in [6, 6.07) is 0. The minimum Gasteiger partial charge on any atom is -0.0842 e. The number of hydrogen-bond donors (Lipinski definition) is 0. The summed E-state index contributed by atoms with van der Waals surface area (Å²) in [5, 5.41) is 0. The van der Waals surface area contributed by atoms with Crippen LogP contribution >= 0.6 is 0 Å². The molecule has 0 nitrogen and oxygen atoms in total. The van der Waals surface area contributed by atoms with Gasteiger partial charge in [-0.05, 0) is 36.0 Å². The van der Waals surface area contributed by atoms with E-state index in [4.69, 9.17) is 0 Å². The van der Waals surface area contributed by atoms with Crippen molar-refractivity contribution in [3.8, 4) is 0 Å². The molecule has 5 unspecified atom stereocenters. The zero-order chi connectivity index (χ0) is 8.01. The lowest BCUT2D eigenvalue weighted by atomic mass is 9.59. The largest absolute Gasteiger partial charge is 0.0842 e. The zero-order valence-electron chi connectivity index (χ0n) is 7.75. The van der Waals surface area contributed by atoms with E-state index >= 15 is 0 Å². The van der Waals surface area contributed by atoms with Crippen molar-refractivity contribution in [3.63, 3.8) is 0 Å². The highest BCUT2D eigenvalue weighted by Gasteiger charge is 2.40. The zero-order valence-corrected chi connectivity index (χ0v) is 7.75.